The molecule has 7 heteroatoms. The minimum Gasteiger partial charge on any atom is -0.482 e. The molecule has 2 N–H and O–H groups in total. The Balaban J connectivity index is 1.85. The number of hydrogen-bond acceptors (Lipinski definition) is 3. The van der Waals surface area contributed by atoms with Crippen LogP contribution in [0.1, 0.15) is 24.0 Å². The van der Waals surface area contributed by atoms with Gasteiger partial charge < -0.3 is 15.2 Å². The maximum Gasteiger partial charge on any atom is 0.341 e. The zero-order valence-corrected chi connectivity index (χ0v) is 14.2. The van der Waals surface area contributed by atoms with Gasteiger partial charge in [-0.1, -0.05) is 18.2 Å². The van der Waals surface area contributed by atoms with E-state index in [1.807, 2.05) is 0 Å². The number of ether oxygens (including phenoxy) is 1. The van der Waals surface area contributed by atoms with Crippen LogP contribution in [0.2, 0.25) is 0 Å². The summed E-state index contributed by atoms with van der Waals surface area (Å²) in [6, 6.07) is 10.3. The number of carboxylic acid groups (broad SMARTS) is 1. The fourth-order valence-corrected chi connectivity index (χ4v) is 2.44. The highest BCUT2D eigenvalue weighted by Crippen LogP contribution is 2.22. The van der Waals surface area contributed by atoms with Crippen molar-refractivity contribution in [2.75, 3.05) is 13.2 Å². The summed E-state index contributed by atoms with van der Waals surface area (Å²) in [4.78, 5) is 22.6. The fourth-order valence-electron chi connectivity index (χ4n) is 2.44. The summed E-state index contributed by atoms with van der Waals surface area (Å²) in [6.45, 7) is 1.33. The first kappa shape index (κ1) is 19.4. The van der Waals surface area contributed by atoms with E-state index in [0.717, 1.165) is 17.7 Å². The quantitative estimate of drug-likeness (QED) is 0.756. The second kappa shape index (κ2) is 8.94. The van der Waals surface area contributed by atoms with Crippen LogP contribution >= 0.6 is 0 Å². The first-order valence-corrected chi connectivity index (χ1v) is 8.03. The van der Waals surface area contributed by atoms with Crippen LogP contribution in [0, 0.1) is 11.6 Å². The molecule has 1 amide bonds. The van der Waals surface area contributed by atoms with E-state index in [-0.39, 0.29) is 5.56 Å². The molecule has 0 aliphatic carbocycles. The molecule has 0 fully saturated rings. The molecular weight excluding hydrogens is 344 g/mol. The van der Waals surface area contributed by atoms with Gasteiger partial charge in [0, 0.05) is 12.1 Å². The molecule has 0 aliphatic heterocycles. The van der Waals surface area contributed by atoms with Gasteiger partial charge >= 0.3 is 5.97 Å². The standard InChI is InChI=1S/C19H19F2NO4/c1-12(18-15(20)3-2-4-16(18)21)19(25)22-10-9-13-5-7-14(8-6-13)26-11-17(23)24/h2-8,12H,9-11H2,1H3,(H,22,25)(H,23,24). The first-order valence-electron chi connectivity index (χ1n) is 8.03. The van der Waals surface area contributed by atoms with Crippen LogP contribution in [0.15, 0.2) is 42.5 Å². The number of nitrogens with one attached hydrogen (secondary N) is 1. The number of rotatable bonds is 8. The fraction of sp³-hybridized carbons (Fsp3) is 0.263. The monoisotopic (exact) mass is 363 g/mol. The Morgan fingerprint density at radius 2 is 1.73 bits per heavy atom. The van der Waals surface area contributed by atoms with Crippen LogP contribution in [0.4, 0.5) is 8.78 Å². The second-order valence-corrected chi connectivity index (χ2v) is 5.72. The third kappa shape index (κ3) is 5.27. The van der Waals surface area contributed by atoms with Gasteiger partial charge in [-0.25, -0.2) is 13.6 Å². The number of carboxylic acids is 1. The largest absolute Gasteiger partial charge is 0.482 e. The summed E-state index contributed by atoms with van der Waals surface area (Å²) in [5.41, 5.74) is 0.655. The van der Waals surface area contributed by atoms with E-state index >= 15 is 0 Å². The molecule has 2 aromatic carbocycles. The highest BCUT2D eigenvalue weighted by Gasteiger charge is 2.22. The Labute approximate surface area is 149 Å². The van der Waals surface area contributed by atoms with Gasteiger partial charge in [0.15, 0.2) is 6.61 Å². The first-order chi connectivity index (χ1) is 12.4. The zero-order chi connectivity index (χ0) is 19.1. The van der Waals surface area contributed by atoms with Gasteiger partial charge in [-0.15, -0.1) is 0 Å². The minimum absolute atomic E-state index is 0.245. The third-order valence-corrected chi connectivity index (χ3v) is 3.82. The Morgan fingerprint density at radius 1 is 1.12 bits per heavy atom. The summed E-state index contributed by atoms with van der Waals surface area (Å²) < 4.78 is 32.5. The molecule has 0 heterocycles. The van der Waals surface area contributed by atoms with Gasteiger partial charge in [0.2, 0.25) is 5.91 Å². The molecule has 138 valence electrons. The molecule has 0 radical (unpaired) electrons. The maximum absolute atomic E-state index is 13.7. The highest BCUT2D eigenvalue weighted by atomic mass is 19.1. The van der Waals surface area contributed by atoms with Gasteiger partial charge in [-0.3, -0.25) is 4.79 Å². The van der Waals surface area contributed by atoms with Gasteiger partial charge in [0.05, 0.1) is 5.92 Å². The summed E-state index contributed by atoms with van der Waals surface area (Å²) in [5, 5.41) is 11.2. The predicted octanol–water partition coefficient (Wildman–Crippen LogP) is 2.89. The van der Waals surface area contributed by atoms with Gasteiger partial charge in [-0.05, 0) is 43.2 Å². The Kier molecular flexibility index (Phi) is 6.66. The van der Waals surface area contributed by atoms with Crippen LogP contribution in [0.3, 0.4) is 0 Å². The van der Waals surface area contributed by atoms with Crippen molar-refractivity contribution in [3.05, 3.63) is 65.2 Å². The molecule has 1 atom stereocenters. The van der Waals surface area contributed by atoms with Crippen molar-refractivity contribution in [3.63, 3.8) is 0 Å². The lowest BCUT2D eigenvalue weighted by Crippen LogP contribution is -2.30. The molecule has 0 aromatic heterocycles. The third-order valence-electron chi connectivity index (χ3n) is 3.82. The van der Waals surface area contributed by atoms with E-state index in [0.29, 0.717) is 18.7 Å². The van der Waals surface area contributed by atoms with Gasteiger partial charge in [0.25, 0.3) is 0 Å². The Hall–Kier alpha value is -2.96. The van der Waals surface area contributed by atoms with Crippen LogP contribution in [-0.2, 0) is 16.0 Å². The molecule has 0 bridgehead atoms. The molecule has 0 spiro atoms. The van der Waals surface area contributed by atoms with Crippen molar-refractivity contribution in [1.29, 1.82) is 0 Å². The summed E-state index contributed by atoms with van der Waals surface area (Å²) in [5.74, 6) is -3.52. The number of carbonyl (C=O) groups is 2. The summed E-state index contributed by atoms with van der Waals surface area (Å²) in [7, 11) is 0. The van der Waals surface area contributed by atoms with E-state index in [4.69, 9.17) is 9.84 Å². The molecule has 5 nitrogen and oxygen atoms in total. The van der Waals surface area contributed by atoms with Crippen molar-refractivity contribution in [1.82, 2.24) is 5.32 Å². The Bertz CT molecular complexity index is 757. The molecule has 2 aromatic rings. The maximum atomic E-state index is 13.7. The van der Waals surface area contributed by atoms with E-state index in [1.54, 1.807) is 24.3 Å². The number of aliphatic carboxylic acids is 1. The van der Waals surface area contributed by atoms with Crippen molar-refractivity contribution >= 4 is 11.9 Å². The number of carbonyl (C=O) groups excluding carboxylic acids is 1. The van der Waals surface area contributed by atoms with Crippen molar-refractivity contribution in [3.8, 4) is 5.75 Å². The zero-order valence-electron chi connectivity index (χ0n) is 14.2. The molecule has 0 saturated carbocycles. The SMILES string of the molecule is CC(C(=O)NCCc1ccc(OCC(=O)O)cc1)c1c(F)cccc1F. The lowest BCUT2D eigenvalue weighted by molar-refractivity contribution is -0.139. The van der Waals surface area contributed by atoms with Crippen LogP contribution in [-0.4, -0.2) is 30.1 Å². The number of halogens is 2. The smallest absolute Gasteiger partial charge is 0.341 e. The Morgan fingerprint density at radius 3 is 2.31 bits per heavy atom. The number of benzene rings is 2. The molecule has 0 aliphatic rings. The minimum atomic E-state index is -1.06. The predicted molar refractivity (Wildman–Crippen MR) is 91.1 cm³/mol. The average molecular weight is 363 g/mol. The highest BCUT2D eigenvalue weighted by molar-refractivity contribution is 5.83. The number of hydrogen-bond donors (Lipinski definition) is 2. The van der Waals surface area contributed by atoms with E-state index in [1.165, 1.54) is 13.0 Å². The van der Waals surface area contributed by atoms with Crippen LogP contribution < -0.4 is 10.1 Å². The number of amides is 1. The lowest BCUT2D eigenvalue weighted by Gasteiger charge is -2.14. The molecular formula is C19H19F2NO4. The van der Waals surface area contributed by atoms with Crippen molar-refractivity contribution in [2.45, 2.75) is 19.3 Å². The van der Waals surface area contributed by atoms with Gasteiger partial charge in [-0.2, -0.15) is 0 Å². The van der Waals surface area contributed by atoms with Gasteiger partial charge in [0.1, 0.15) is 17.4 Å². The van der Waals surface area contributed by atoms with Crippen LogP contribution in [0.25, 0.3) is 0 Å². The average Bonchev–Trinajstić information content (AvgIpc) is 2.60. The molecule has 26 heavy (non-hydrogen) atoms. The van der Waals surface area contributed by atoms with Crippen molar-refractivity contribution < 1.29 is 28.2 Å². The molecule has 0 saturated heterocycles. The van der Waals surface area contributed by atoms with E-state index in [9.17, 15) is 18.4 Å². The summed E-state index contributed by atoms with van der Waals surface area (Å²) in [6.07, 6.45) is 0.511. The van der Waals surface area contributed by atoms with E-state index < -0.39 is 36.0 Å². The molecule has 1 unspecified atom stereocenters. The second-order valence-electron chi connectivity index (χ2n) is 5.72. The van der Waals surface area contributed by atoms with E-state index in [2.05, 4.69) is 5.32 Å². The van der Waals surface area contributed by atoms with Crippen molar-refractivity contribution in [2.24, 2.45) is 0 Å². The summed E-state index contributed by atoms with van der Waals surface area (Å²) >= 11 is 0. The van der Waals surface area contributed by atoms with Crippen LogP contribution in [0.5, 0.6) is 5.75 Å². The lowest BCUT2D eigenvalue weighted by atomic mass is 9.99. The topological polar surface area (TPSA) is 75.6 Å². The molecule has 2 rings (SSSR count). The normalized spacial score (nSPS) is 11.7.